The van der Waals surface area contributed by atoms with Crippen molar-refractivity contribution in [2.75, 3.05) is 33.3 Å². The van der Waals surface area contributed by atoms with Crippen molar-refractivity contribution in [1.82, 2.24) is 10.2 Å². The van der Waals surface area contributed by atoms with Crippen LogP contribution >= 0.6 is 0 Å². The summed E-state index contributed by atoms with van der Waals surface area (Å²) >= 11 is 0. The molecule has 1 aromatic rings. The number of methoxy groups -OCH3 is 1. The maximum Gasteiger partial charge on any atom is 0.160 e. The van der Waals surface area contributed by atoms with Crippen LogP contribution in [-0.2, 0) is 6.42 Å². The van der Waals surface area contributed by atoms with E-state index in [4.69, 9.17) is 4.74 Å². The van der Waals surface area contributed by atoms with Crippen LogP contribution in [0.15, 0.2) is 18.2 Å². The highest BCUT2D eigenvalue weighted by Gasteiger charge is 2.17. The molecule has 1 aliphatic rings. The Morgan fingerprint density at radius 1 is 1.39 bits per heavy atom. The van der Waals surface area contributed by atoms with Gasteiger partial charge in [0.1, 0.15) is 0 Å². The summed E-state index contributed by atoms with van der Waals surface area (Å²) in [6.07, 6.45) is 0.983. The number of ether oxygens (including phenoxy) is 1. The summed E-state index contributed by atoms with van der Waals surface area (Å²) in [4.78, 5) is 2.50. The van der Waals surface area contributed by atoms with Crippen molar-refractivity contribution in [2.24, 2.45) is 0 Å². The van der Waals surface area contributed by atoms with E-state index in [1.807, 2.05) is 12.1 Å². The summed E-state index contributed by atoms with van der Waals surface area (Å²) in [5, 5.41) is 12.9. The summed E-state index contributed by atoms with van der Waals surface area (Å²) in [6, 6.07) is 6.12. The molecule has 2 rings (SSSR count). The van der Waals surface area contributed by atoms with Crippen LogP contribution in [0, 0.1) is 0 Å². The highest BCUT2D eigenvalue weighted by atomic mass is 16.5. The van der Waals surface area contributed by atoms with E-state index in [-0.39, 0.29) is 5.75 Å². The van der Waals surface area contributed by atoms with E-state index in [9.17, 15) is 5.11 Å². The van der Waals surface area contributed by atoms with Gasteiger partial charge in [-0.25, -0.2) is 0 Å². The van der Waals surface area contributed by atoms with Crippen molar-refractivity contribution in [1.29, 1.82) is 0 Å². The fourth-order valence-electron chi connectivity index (χ4n) is 2.44. The standard InChI is InChI=1S/C14H22N2O2/c1-11(16-7-5-15-6-8-16)9-12-3-4-13(17)14(10-12)18-2/h3-4,10-11,15,17H,5-9H2,1-2H3. The van der Waals surface area contributed by atoms with Crippen molar-refractivity contribution < 1.29 is 9.84 Å². The maximum atomic E-state index is 9.57. The summed E-state index contributed by atoms with van der Waals surface area (Å²) < 4.78 is 5.14. The molecule has 1 unspecified atom stereocenters. The van der Waals surface area contributed by atoms with Crippen LogP contribution in [-0.4, -0.2) is 49.3 Å². The Kier molecular flexibility index (Phi) is 4.44. The zero-order valence-electron chi connectivity index (χ0n) is 11.1. The molecule has 0 radical (unpaired) electrons. The van der Waals surface area contributed by atoms with Gasteiger partial charge in [0.2, 0.25) is 0 Å². The number of phenols is 1. The molecule has 0 amide bonds. The number of piperazine rings is 1. The molecule has 0 saturated carbocycles. The molecule has 4 nitrogen and oxygen atoms in total. The number of rotatable bonds is 4. The monoisotopic (exact) mass is 250 g/mol. The topological polar surface area (TPSA) is 44.7 Å². The lowest BCUT2D eigenvalue weighted by molar-refractivity contribution is 0.183. The summed E-state index contributed by atoms with van der Waals surface area (Å²) in [5.74, 6) is 0.760. The highest BCUT2D eigenvalue weighted by Crippen LogP contribution is 2.27. The van der Waals surface area contributed by atoms with Crippen molar-refractivity contribution in [3.05, 3.63) is 23.8 Å². The average Bonchev–Trinajstić information content (AvgIpc) is 2.42. The van der Waals surface area contributed by atoms with Crippen molar-refractivity contribution in [3.63, 3.8) is 0 Å². The smallest absolute Gasteiger partial charge is 0.160 e. The van der Waals surface area contributed by atoms with E-state index in [0.29, 0.717) is 11.8 Å². The number of phenolic OH excluding ortho intramolecular Hbond substituents is 1. The van der Waals surface area contributed by atoms with Gasteiger partial charge < -0.3 is 15.2 Å². The van der Waals surface area contributed by atoms with Crippen LogP contribution in [0.5, 0.6) is 11.5 Å². The summed E-state index contributed by atoms with van der Waals surface area (Å²) in [7, 11) is 1.58. The first-order valence-corrected chi connectivity index (χ1v) is 6.51. The van der Waals surface area contributed by atoms with Gasteiger partial charge in [0.05, 0.1) is 7.11 Å². The molecule has 0 spiro atoms. The Morgan fingerprint density at radius 2 is 2.11 bits per heavy atom. The average molecular weight is 250 g/mol. The van der Waals surface area contributed by atoms with Gasteiger partial charge in [-0.3, -0.25) is 4.90 Å². The minimum Gasteiger partial charge on any atom is -0.504 e. The zero-order chi connectivity index (χ0) is 13.0. The molecule has 0 bridgehead atoms. The quantitative estimate of drug-likeness (QED) is 0.844. The third-order valence-corrected chi connectivity index (χ3v) is 3.55. The molecule has 100 valence electrons. The van der Waals surface area contributed by atoms with Crippen LogP contribution in [0.2, 0.25) is 0 Å². The number of benzene rings is 1. The predicted molar refractivity (Wildman–Crippen MR) is 72.3 cm³/mol. The number of nitrogens with zero attached hydrogens (tertiary/aromatic N) is 1. The molecule has 1 aromatic carbocycles. The van der Waals surface area contributed by atoms with Crippen LogP contribution in [0.25, 0.3) is 0 Å². The van der Waals surface area contributed by atoms with Gasteiger partial charge in [-0.05, 0) is 31.0 Å². The van der Waals surface area contributed by atoms with E-state index >= 15 is 0 Å². The van der Waals surface area contributed by atoms with E-state index in [1.165, 1.54) is 5.56 Å². The largest absolute Gasteiger partial charge is 0.504 e. The fraction of sp³-hybridized carbons (Fsp3) is 0.571. The lowest BCUT2D eigenvalue weighted by Crippen LogP contribution is -2.48. The molecule has 4 heteroatoms. The zero-order valence-corrected chi connectivity index (χ0v) is 11.1. The molecule has 0 aliphatic carbocycles. The number of aromatic hydroxyl groups is 1. The van der Waals surface area contributed by atoms with Gasteiger partial charge in [0, 0.05) is 32.2 Å². The van der Waals surface area contributed by atoms with Crippen LogP contribution in [0.3, 0.4) is 0 Å². The van der Waals surface area contributed by atoms with Gasteiger partial charge in [0.15, 0.2) is 11.5 Å². The highest BCUT2D eigenvalue weighted by molar-refractivity contribution is 5.41. The fourth-order valence-corrected chi connectivity index (χ4v) is 2.44. The van der Waals surface area contributed by atoms with Crippen molar-refractivity contribution in [2.45, 2.75) is 19.4 Å². The third-order valence-electron chi connectivity index (χ3n) is 3.55. The molecular formula is C14H22N2O2. The molecule has 1 saturated heterocycles. The second-order valence-electron chi connectivity index (χ2n) is 4.85. The number of hydrogen-bond donors (Lipinski definition) is 2. The van der Waals surface area contributed by atoms with E-state index in [1.54, 1.807) is 13.2 Å². The molecule has 0 aromatic heterocycles. The first-order valence-electron chi connectivity index (χ1n) is 6.51. The molecule has 1 atom stereocenters. The minimum atomic E-state index is 0.205. The molecule has 2 N–H and O–H groups in total. The Hall–Kier alpha value is -1.26. The molecule has 18 heavy (non-hydrogen) atoms. The van der Waals surface area contributed by atoms with Crippen molar-refractivity contribution >= 4 is 0 Å². The Labute approximate surface area is 109 Å². The van der Waals surface area contributed by atoms with Gasteiger partial charge >= 0.3 is 0 Å². The van der Waals surface area contributed by atoms with E-state index in [2.05, 4.69) is 17.1 Å². The number of nitrogens with one attached hydrogen (secondary N) is 1. The second kappa shape index (κ2) is 6.07. The van der Waals surface area contributed by atoms with E-state index in [0.717, 1.165) is 32.6 Å². The molecule has 1 heterocycles. The Balaban J connectivity index is 1.99. The minimum absolute atomic E-state index is 0.205. The van der Waals surface area contributed by atoms with Crippen LogP contribution in [0.1, 0.15) is 12.5 Å². The van der Waals surface area contributed by atoms with Crippen molar-refractivity contribution in [3.8, 4) is 11.5 Å². The van der Waals surface area contributed by atoms with Gasteiger partial charge in [-0.2, -0.15) is 0 Å². The van der Waals surface area contributed by atoms with Crippen LogP contribution < -0.4 is 10.1 Å². The Morgan fingerprint density at radius 3 is 2.78 bits per heavy atom. The van der Waals surface area contributed by atoms with E-state index < -0.39 is 0 Å². The normalized spacial score (nSPS) is 18.6. The van der Waals surface area contributed by atoms with Gasteiger partial charge in [0.25, 0.3) is 0 Å². The first-order chi connectivity index (χ1) is 8.70. The molecular weight excluding hydrogens is 228 g/mol. The summed E-state index contributed by atoms with van der Waals surface area (Å²) in [6.45, 7) is 6.61. The lowest BCUT2D eigenvalue weighted by atomic mass is 10.0. The third kappa shape index (κ3) is 3.15. The molecule has 1 aliphatic heterocycles. The second-order valence-corrected chi connectivity index (χ2v) is 4.85. The summed E-state index contributed by atoms with van der Waals surface area (Å²) in [5.41, 5.74) is 1.20. The molecule has 1 fully saturated rings. The van der Waals surface area contributed by atoms with Gasteiger partial charge in [-0.1, -0.05) is 6.07 Å². The maximum absolute atomic E-state index is 9.57. The van der Waals surface area contributed by atoms with Crippen LogP contribution in [0.4, 0.5) is 0 Å². The Bertz CT molecular complexity index is 389. The van der Waals surface area contributed by atoms with Gasteiger partial charge in [-0.15, -0.1) is 0 Å². The first kappa shape index (κ1) is 13.2. The lowest BCUT2D eigenvalue weighted by Gasteiger charge is -2.32. The number of hydrogen-bond acceptors (Lipinski definition) is 4. The predicted octanol–water partition coefficient (Wildman–Crippen LogP) is 1.24. The SMILES string of the molecule is COc1cc(CC(C)N2CCNCC2)ccc1O.